The van der Waals surface area contributed by atoms with E-state index in [0.717, 1.165) is 38.2 Å². The van der Waals surface area contributed by atoms with Crippen molar-refractivity contribution in [1.82, 2.24) is 10.2 Å². The summed E-state index contributed by atoms with van der Waals surface area (Å²) in [4.78, 5) is 6.37. The Bertz CT molecular complexity index is 436. The van der Waals surface area contributed by atoms with Crippen molar-refractivity contribution in [3.8, 4) is 0 Å². The van der Waals surface area contributed by atoms with Gasteiger partial charge in [-0.05, 0) is 38.1 Å². The predicted molar refractivity (Wildman–Crippen MR) is 88.3 cm³/mol. The van der Waals surface area contributed by atoms with Gasteiger partial charge in [0.05, 0.1) is 0 Å². The Hall–Kier alpha value is -1.66. The third kappa shape index (κ3) is 8.59. The quantitative estimate of drug-likeness (QED) is 0.391. The number of aliphatic imine (C=N–C) groups is 1. The van der Waals surface area contributed by atoms with Crippen molar-refractivity contribution in [3.05, 3.63) is 35.6 Å². The SMILES string of the molecule is CCOCCCN=C(N)NCCN(C)Cc1ccc(F)cc1. The molecule has 1 aromatic carbocycles. The molecule has 1 aromatic rings. The molecule has 0 unspecified atom stereocenters. The summed E-state index contributed by atoms with van der Waals surface area (Å²) in [5, 5.41) is 3.08. The molecule has 6 heteroatoms. The fourth-order valence-electron chi connectivity index (χ4n) is 1.92. The van der Waals surface area contributed by atoms with Crippen LogP contribution in [0.15, 0.2) is 29.3 Å². The van der Waals surface area contributed by atoms with Crippen molar-refractivity contribution in [1.29, 1.82) is 0 Å². The summed E-state index contributed by atoms with van der Waals surface area (Å²) in [6.07, 6.45) is 0.876. The Morgan fingerprint density at radius 2 is 2.09 bits per heavy atom. The van der Waals surface area contributed by atoms with Crippen molar-refractivity contribution in [2.75, 3.05) is 39.9 Å². The third-order valence-electron chi connectivity index (χ3n) is 3.10. The number of nitrogens with zero attached hydrogens (tertiary/aromatic N) is 2. The molecule has 0 saturated carbocycles. The maximum absolute atomic E-state index is 12.8. The van der Waals surface area contributed by atoms with E-state index in [4.69, 9.17) is 10.5 Å². The van der Waals surface area contributed by atoms with Crippen LogP contribution in [0.1, 0.15) is 18.9 Å². The number of likely N-dealkylation sites (N-methyl/N-ethyl adjacent to an activating group) is 1. The Morgan fingerprint density at radius 1 is 1.36 bits per heavy atom. The summed E-state index contributed by atoms with van der Waals surface area (Å²) in [5.41, 5.74) is 6.87. The second kappa shape index (κ2) is 11.0. The molecule has 3 N–H and O–H groups in total. The Labute approximate surface area is 132 Å². The van der Waals surface area contributed by atoms with Crippen molar-refractivity contribution < 1.29 is 9.13 Å². The van der Waals surface area contributed by atoms with Crippen LogP contribution in [0.2, 0.25) is 0 Å². The van der Waals surface area contributed by atoms with Crippen molar-refractivity contribution in [2.45, 2.75) is 19.9 Å². The number of rotatable bonds is 10. The molecule has 22 heavy (non-hydrogen) atoms. The number of ether oxygens (including phenoxy) is 1. The highest BCUT2D eigenvalue weighted by Crippen LogP contribution is 2.04. The molecular formula is C16H27FN4O. The predicted octanol–water partition coefficient (Wildman–Crippen LogP) is 1.59. The van der Waals surface area contributed by atoms with Crippen LogP contribution in [0.4, 0.5) is 4.39 Å². The molecule has 1 rings (SSSR count). The minimum Gasteiger partial charge on any atom is -0.382 e. The smallest absolute Gasteiger partial charge is 0.188 e. The molecule has 5 nitrogen and oxygen atoms in total. The lowest BCUT2D eigenvalue weighted by Crippen LogP contribution is -2.37. The van der Waals surface area contributed by atoms with Crippen LogP contribution < -0.4 is 11.1 Å². The normalized spacial score (nSPS) is 11.9. The molecular weight excluding hydrogens is 283 g/mol. The molecule has 0 aliphatic carbocycles. The first-order valence-corrected chi connectivity index (χ1v) is 7.66. The van der Waals surface area contributed by atoms with Crippen LogP contribution in [-0.2, 0) is 11.3 Å². The van der Waals surface area contributed by atoms with Gasteiger partial charge in [0, 0.05) is 39.4 Å². The summed E-state index contributed by atoms with van der Waals surface area (Å²) >= 11 is 0. The van der Waals surface area contributed by atoms with Gasteiger partial charge < -0.3 is 20.7 Å². The highest BCUT2D eigenvalue weighted by molar-refractivity contribution is 5.77. The van der Waals surface area contributed by atoms with Gasteiger partial charge in [-0.15, -0.1) is 0 Å². The summed E-state index contributed by atoms with van der Waals surface area (Å²) in [6, 6.07) is 6.56. The van der Waals surface area contributed by atoms with E-state index in [1.54, 1.807) is 12.1 Å². The molecule has 0 atom stereocenters. The Balaban J connectivity index is 2.14. The van der Waals surface area contributed by atoms with Gasteiger partial charge in [-0.25, -0.2) is 4.39 Å². The van der Waals surface area contributed by atoms with Crippen LogP contribution in [0, 0.1) is 5.82 Å². The molecule has 0 fully saturated rings. The molecule has 0 aromatic heterocycles. The lowest BCUT2D eigenvalue weighted by atomic mass is 10.2. The molecule has 124 valence electrons. The van der Waals surface area contributed by atoms with Crippen LogP contribution >= 0.6 is 0 Å². The standard InChI is InChI=1S/C16H27FN4O/c1-3-22-12-4-9-19-16(18)20-10-11-21(2)13-14-5-7-15(17)8-6-14/h5-8H,3-4,9-13H2,1-2H3,(H3,18,19,20). The van der Waals surface area contributed by atoms with E-state index < -0.39 is 0 Å². The highest BCUT2D eigenvalue weighted by atomic mass is 19.1. The van der Waals surface area contributed by atoms with Gasteiger partial charge in [0.2, 0.25) is 0 Å². The lowest BCUT2D eigenvalue weighted by molar-refractivity contribution is 0.146. The number of hydrogen-bond donors (Lipinski definition) is 2. The molecule has 0 spiro atoms. The first kappa shape index (κ1) is 18.4. The van der Waals surface area contributed by atoms with Crippen LogP contribution in [-0.4, -0.2) is 50.8 Å². The fourth-order valence-corrected chi connectivity index (χ4v) is 1.92. The van der Waals surface area contributed by atoms with Gasteiger partial charge in [-0.1, -0.05) is 12.1 Å². The molecule has 0 aliphatic rings. The number of halogens is 1. The largest absolute Gasteiger partial charge is 0.382 e. The summed E-state index contributed by atoms with van der Waals surface area (Å²) in [5.74, 6) is 0.257. The Morgan fingerprint density at radius 3 is 2.77 bits per heavy atom. The van der Waals surface area contributed by atoms with Crippen molar-refractivity contribution >= 4 is 5.96 Å². The second-order valence-corrected chi connectivity index (χ2v) is 5.11. The van der Waals surface area contributed by atoms with Crippen molar-refractivity contribution in [3.63, 3.8) is 0 Å². The average Bonchev–Trinajstić information content (AvgIpc) is 2.49. The summed E-state index contributed by atoms with van der Waals surface area (Å²) in [7, 11) is 2.01. The van der Waals surface area contributed by atoms with Crippen LogP contribution in [0.25, 0.3) is 0 Å². The molecule has 0 amide bonds. The number of nitrogens with two attached hydrogens (primary N) is 1. The fraction of sp³-hybridized carbons (Fsp3) is 0.562. The van der Waals surface area contributed by atoms with E-state index in [-0.39, 0.29) is 5.82 Å². The summed E-state index contributed by atoms with van der Waals surface area (Å²) in [6.45, 7) is 6.41. The Kier molecular flexibility index (Phi) is 9.18. The monoisotopic (exact) mass is 310 g/mol. The summed E-state index contributed by atoms with van der Waals surface area (Å²) < 4.78 is 18.1. The van der Waals surface area contributed by atoms with E-state index in [0.29, 0.717) is 19.1 Å². The number of guanidine groups is 1. The van der Waals surface area contributed by atoms with Gasteiger partial charge in [0.15, 0.2) is 5.96 Å². The van der Waals surface area contributed by atoms with E-state index >= 15 is 0 Å². The van der Waals surface area contributed by atoms with Gasteiger partial charge in [0.25, 0.3) is 0 Å². The third-order valence-corrected chi connectivity index (χ3v) is 3.10. The van der Waals surface area contributed by atoms with Crippen molar-refractivity contribution in [2.24, 2.45) is 10.7 Å². The van der Waals surface area contributed by atoms with Gasteiger partial charge >= 0.3 is 0 Å². The minimum atomic E-state index is -0.207. The van der Waals surface area contributed by atoms with Gasteiger partial charge in [0.1, 0.15) is 5.82 Å². The van der Waals surface area contributed by atoms with Gasteiger partial charge in [-0.3, -0.25) is 4.99 Å². The molecule has 0 bridgehead atoms. The van der Waals surface area contributed by atoms with E-state index in [9.17, 15) is 4.39 Å². The molecule has 0 aliphatic heterocycles. The molecule has 0 heterocycles. The maximum Gasteiger partial charge on any atom is 0.188 e. The molecule has 0 radical (unpaired) electrons. The molecule has 0 saturated heterocycles. The second-order valence-electron chi connectivity index (χ2n) is 5.11. The maximum atomic E-state index is 12.8. The van der Waals surface area contributed by atoms with Crippen LogP contribution in [0.5, 0.6) is 0 Å². The zero-order chi connectivity index (χ0) is 16.2. The zero-order valence-electron chi connectivity index (χ0n) is 13.5. The van der Waals surface area contributed by atoms with E-state index in [1.165, 1.54) is 12.1 Å². The highest BCUT2D eigenvalue weighted by Gasteiger charge is 2.01. The van der Waals surface area contributed by atoms with E-state index in [2.05, 4.69) is 15.2 Å². The first-order valence-electron chi connectivity index (χ1n) is 7.66. The number of hydrogen-bond acceptors (Lipinski definition) is 3. The number of nitrogens with one attached hydrogen (secondary N) is 1. The lowest BCUT2D eigenvalue weighted by Gasteiger charge is -2.17. The topological polar surface area (TPSA) is 62.9 Å². The first-order chi connectivity index (χ1) is 10.6. The number of benzene rings is 1. The average molecular weight is 310 g/mol. The van der Waals surface area contributed by atoms with Gasteiger partial charge in [-0.2, -0.15) is 0 Å². The van der Waals surface area contributed by atoms with E-state index in [1.807, 2.05) is 14.0 Å². The zero-order valence-corrected chi connectivity index (χ0v) is 13.5. The minimum absolute atomic E-state index is 0.207. The van der Waals surface area contributed by atoms with Crippen LogP contribution in [0.3, 0.4) is 0 Å².